The van der Waals surface area contributed by atoms with Gasteiger partial charge >= 0.3 is 0 Å². The number of nitrogens with zero attached hydrogens (tertiary/aromatic N) is 2. The molecule has 1 aliphatic heterocycles. The molecule has 0 spiro atoms. The third-order valence-electron chi connectivity index (χ3n) is 4.16. The number of piperidine rings is 1. The first-order valence-corrected chi connectivity index (χ1v) is 10.3. The first kappa shape index (κ1) is 15.7. The number of nitrogens with one attached hydrogen (secondary N) is 1. The summed E-state index contributed by atoms with van der Waals surface area (Å²) >= 11 is 1.73. The third-order valence-corrected chi connectivity index (χ3v) is 6.04. The van der Waals surface area contributed by atoms with E-state index in [4.69, 9.17) is 0 Å². The van der Waals surface area contributed by atoms with Crippen LogP contribution in [0.4, 0.5) is 0 Å². The van der Waals surface area contributed by atoms with Gasteiger partial charge in [0, 0.05) is 19.3 Å². The second-order valence-electron chi connectivity index (χ2n) is 6.06. The molecule has 0 aromatic carbocycles. The smallest absolute Gasteiger partial charge is 0.178 e. The highest BCUT2D eigenvalue weighted by Gasteiger charge is 2.24. The second-order valence-corrected chi connectivity index (χ2v) is 8.83. The Morgan fingerprint density at radius 1 is 1.50 bits per heavy atom. The predicted molar refractivity (Wildman–Crippen MR) is 87.7 cm³/mol. The number of rotatable bonds is 5. The topological polar surface area (TPSA) is 66.1 Å². The van der Waals surface area contributed by atoms with Gasteiger partial charge in [0.25, 0.3) is 0 Å². The maximum absolute atomic E-state index is 11.8. The molecule has 2 aromatic heterocycles. The molecule has 0 bridgehead atoms. The molecule has 1 N–H and O–H groups in total. The van der Waals surface area contributed by atoms with E-state index in [1.54, 1.807) is 11.3 Å². The van der Waals surface area contributed by atoms with Crippen LogP contribution < -0.4 is 0 Å². The van der Waals surface area contributed by atoms with Crippen LogP contribution in [-0.2, 0) is 22.8 Å². The molecule has 7 heteroatoms. The SMILES string of the molecule is CS(=O)(=O)c1cn[nH]c1CC1CCCN(Cc2ccsc2)C1. The van der Waals surface area contributed by atoms with E-state index in [2.05, 4.69) is 31.9 Å². The van der Waals surface area contributed by atoms with E-state index in [0.29, 0.717) is 10.8 Å². The number of H-pyrrole nitrogens is 1. The summed E-state index contributed by atoms with van der Waals surface area (Å²) in [5.41, 5.74) is 2.12. The monoisotopic (exact) mass is 339 g/mol. The minimum Gasteiger partial charge on any atom is -0.299 e. The van der Waals surface area contributed by atoms with Crippen molar-refractivity contribution >= 4 is 21.2 Å². The van der Waals surface area contributed by atoms with E-state index in [9.17, 15) is 8.42 Å². The fourth-order valence-corrected chi connectivity index (χ4v) is 4.64. The number of hydrogen-bond acceptors (Lipinski definition) is 5. The molecule has 1 saturated heterocycles. The molecule has 1 aliphatic rings. The molecule has 120 valence electrons. The number of hydrogen-bond donors (Lipinski definition) is 1. The summed E-state index contributed by atoms with van der Waals surface area (Å²) in [5, 5.41) is 11.1. The summed E-state index contributed by atoms with van der Waals surface area (Å²) in [6.07, 6.45) is 5.73. The largest absolute Gasteiger partial charge is 0.299 e. The first-order chi connectivity index (χ1) is 10.5. The fourth-order valence-electron chi connectivity index (χ4n) is 3.16. The Kier molecular flexibility index (Phi) is 4.65. The molecule has 5 nitrogen and oxygen atoms in total. The van der Waals surface area contributed by atoms with E-state index in [-0.39, 0.29) is 0 Å². The van der Waals surface area contributed by atoms with Gasteiger partial charge in [-0.25, -0.2) is 8.42 Å². The average Bonchev–Trinajstić information content (AvgIpc) is 3.10. The lowest BCUT2D eigenvalue weighted by Crippen LogP contribution is -2.35. The molecule has 0 amide bonds. The van der Waals surface area contributed by atoms with Crippen molar-refractivity contribution in [2.75, 3.05) is 19.3 Å². The maximum Gasteiger partial charge on any atom is 0.178 e. The Morgan fingerprint density at radius 3 is 3.09 bits per heavy atom. The van der Waals surface area contributed by atoms with Gasteiger partial charge in [-0.2, -0.15) is 16.4 Å². The first-order valence-electron chi connectivity index (χ1n) is 7.48. The molecule has 1 atom stereocenters. The van der Waals surface area contributed by atoms with Crippen molar-refractivity contribution in [1.82, 2.24) is 15.1 Å². The van der Waals surface area contributed by atoms with Gasteiger partial charge in [-0.05, 0) is 54.1 Å². The highest BCUT2D eigenvalue weighted by Crippen LogP contribution is 2.24. The Bertz CT molecular complexity index is 707. The van der Waals surface area contributed by atoms with Crippen LogP contribution in [0.2, 0.25) is 0 Å². The number of thiophene rings is 1. The molecule has 0 aliphatic carbocycles. The van der Waals surface area contributed by atoms with Crippen molar-refractivity contribution in [2.24, 2.45) is 5.92 Å². The molecule has 0 radical (unpaired) electrons. The summed E-state index contributed by atoms with van der Waals surface area (Å²) in [7, 11) is -3.20. The van der Waals surface area contributed by atoms with E-state index >= 15 is 0 Å². The number of likely N-dealkylation sites (tertiary alicyclic amines) is 1. The molecular weight excluding hydrogens is 318 g/mol. The molecule has 0 saturated carbocycles. The van der Waals surface area contributed by atoms with Gasteiger partial charge in [0.15, 0.2) is 9.84 Å². The summed E-state index contributed by atoms with van der Waals surface area (Å²) in [6.45, 7) is 3.12. The van der Waals surface area contributed by atoms with Crippen LogP contribution in [0.5, 0.6) is 0 Å². The van der Waals surface area contributed by atoms with Gasteiger partial charge in [-0.3, -0.25) is 10.00 Å². The lowest BCUT2D eigenvalue weighted by Gasteiger charge is -2.32. The number of aromatic nitrogens is 2. The lowest BCUT2D eigenvalue weighted by atomic mass is 9.93. The zero-order valence-corrected chi connectivity index (χ0v) is 14.3. The molecule has 2 aromatic rings. The molecule has 3 heterocycles. The van der Waals surface area contributed by atoms with Gasteiger partial charge in [0.2, 0.25) is 0 Å². The summed E-state index contributed by atoms with van der Waals surface area (Å²) in [4.78, 5) is 2.81. The average molecular weight is 339 g/mol. The Balaban J connectivity index is 1.64. The van der Waals surface area contributed by atoms with Crippen molar-refractivity contribution in [1.29, 1.82) is 0 Å². The quantitative estimate of drug-likeness (QED) is 0.908. The van der Waals surface area contributed by atoms with Gasteiger partial charge in [0.05, 0.1) is 11.9 Å². The van der Waals surface area contributed by atoms with Crippen LogP contribution in [0.25, 0.3) is 0 Å². The molecule has 1 unspecified atom stereocenters. The summed E-state index contributed by atoms with van der Waals surface area (Å²) < 4.78 is 23.5. The molecule has 3 rings (SSSR count). The van der Waals surface area contributed by atoms with Crippen LogP contribution in [0, 0.1) is 5.92 Å². The van der Waals surface area contributed by atoms with Crippen LogP contribution in [-0.4, -0.2) is 42.9 Å². The summed E-state index contributed by atoms with van der Waals surface area (Å²) in [5.74, 6) is 0.480. The number of aromatic amines is 1. The van der Waals surface area contributed by atoms with Crippen molar-refractivity contribution < 1.29 is 8.42 Å². The minimum atomic E-state index is -3.20. The van der Waals surface area contributed by atoms with Crippen LogP contribution in [0.1, 0.15) is 24.1 Å². The standard InChI is InChI=1S/C15H21N3O2S2/c1-22(19,20)15-8-16-17-14(15)7-12-3-2-5-18(9-12)10-13-4-6-21-11-13/h4,6,8,11-12H,2-3,5,7,9-10H2,1H3,(H,16,17). The van der Waals surface area contributed by atoms with Crippen LogP contribution in [0.15, 0.2) is 27.9 Å². The zero-order chi connectivity index (χ0) is 15.6. The van der Waals surface area contributed by atoms with Gasteiger partial charge in [-0.15, -0.1) is 0 Å². The van der Waals surface area contributed by atoms with Crippen molar-refractivity contribution in [2.45, 2.75) is 30.7 Å². The van der Waals surface area contributed by atoms with E-state index in [1.807, 2.05) is 0 Å². The highest BCUT2D eigenvalue weighted by atomic mass is 32.2. The fraction of sp³-hybridized carbons (Fsp3) is 0.533. The van der Waals surface area contributed by atoms with Crippen molar-refractivity contribution in [3.63, 3.8) is 0 Å². The third kappa shape index (κ3) is 3.77. The van der Waals surface area contributed by atoms with Gasteiger partial charge < -0.3 is 0 Å². The van der Waals surface area contributed by atoms with E-state index in [1.165, 1.54) is 18.0 Å². The van der Waals surface area contributed by atoms with E-state index < -0.39 is 9.84 Å². The minimum absolute atomic E-state index is 0.349. The van der Waals surface area contributed by atoms with Crippen LogP contribution >= 0.6 is 11.3 Å². The molecular formula is C15H21N3O2S2. The Labute approximate surface area is 135 Å². The van der Waals surface area contributed by atoms with Gasteiger partial charge in [0.1, 0.15) is 4.90 Å². The Morgan fingerprint density at radius 2 is 2.36 bits per heavy atom. The molecule has 1 fully saturated rings. The zero-order valence-electron chi connectivity index (χ0n) is 12.7. The predicted octanol–water partition coefficient (Wildman–Crippen LogP) is 2.33. The molecule has 22 heavy (non-hydrogen) atoms. The number of sulfone groups is 1. The lowest BCUT2D eigenvalue weighted by molar-refractivity contribution is 0.166. The second kappa shape index (κ2) is 6.52. The van der Waals surface area contributed by atoms with Gasteiger partial charge in [-0.1, -0.05) is 0 Å². The van der Waals surface area contributed by atoms with Crippen molar-refractivity contribution in [3.05, 3.63) is 34.3 Å². The van der Waals surface area contributed by atoms with Crippen LogP contribution in [0.3, 0.4) is 0 Å². The maximum atomic E-state index is 11.8. The normalized spacial score (nSPS) is 20.3. The highest BCUT2D eigenvalue weighted by molar-refractivity contribution is 7.90. The van der Waals surface area contributed by atoms with Crippen molar-refractivity contribution in [3.8, 4) is 0 Å². The van der Waals surface area contributed by atoms with E-state index in [0.717, 1.165) is 44.6 Å². The summed E-state index contributed by atoms with van der Waals surface area (Å²) in [6, 6.07) is 2.17. The Hall–Kier alpha value is -1.18.